The van der Waals surface area contributed by atoms with Crippen LogP contribution in [-0.2, 0) is 0 Å². The largest absolute Gasteiger partial charge is 0.256 e. The second kappa shape index (κ2) is 19.9. The van der Waals surface area contributed by atoms with Crippen molar-refractivity contribution >= 4 is 32.3 Å². The molecular formula is C54H44N6. The molecule has 6 heteroatoms. The Morgan fingerprint density at radius 3 is 1.40 bits per heavy atom. The van der Waals surface area contributed by atoms with Gasteiger partial charge >= 0.3 is 0 Å². The van der Waals surface area contributed by atoms with E-state index in [9.17, 15) is 0 Å². The summed E-state index contributed by atoms with van der Waals surface area (Å²) in [6.45, 7) is 10.7. The van der Waals surface area contributed by atoms with E-state index in [2.05, 4.69) is 146 Å². The minimum absolute atomic E-state index is 0.938. The van der Waals surface area contributed by atoms with Crippen LogP contribution in [0.5, 0.6) is 0 Å². The van der Waals surface area contributed by atoms with Crippen LogP contribution in [0.25, 0.3) is 88.2 Å². The van der Waals surface area contributed by atoms with Crippen LogP contribution in [0.1, 0.15) is 13.8 Å². The molecule has 10 aromatic rings. The van der Waals surface area contributed by atoms with Gasteiger partial charge in [0, 0.05) is 53.9 Å². The Kier molecular flexibility index (Phi) is 13.4. The summed E-state index contributed by atoms with van der Waals surface area (Å²) in [5.74, 6) is 0. The molecule has 4 heterocycles. The lowest BCUT2D eigenvalue weighted by atomic mass is 9.86. The molecule has 0 aliphatic rings. The van der Waals surface area contributed by atoms with Crippen molar-refractivity contribution in [3.8, 4) is 55.9 Å². The van der Waals surface area contributed by atoms with Crippen molar-refractivity contribution in [3.05, 3.63) is 221 Å². The van der Waals surface area contributed by atoms with Crippen molar-refractivity contribution in [1.82, 2.24) is 29.9 Å². The highest BCUT2D eigenvalue weighted by atomic mass is 14.8. The van der Waals surface area contributed by atoms with E-state index in [0.717, 1.165) is 39.2 Å². The zero-order valence-corrected chi connectivity index (χ0v) is 33.7. The first kappa shape index (κ1) is 40.2. The topological polar surface area (TPSA) is 77.3 Å². The van der Waals surface area contributed by atoms with E-state index >= 15 is 0 Å². The molecule has 0 spiro atoms. The van der Waals surface area contributed by atoms with Crippen LogP contribution in [0.4, 0.5) is 0 Å². The maximum Gasteiger partial charge on any atom is 0.115 e. The van der Waals surface area contributed by atoms with Crippen molar-refractivity contribution in [2.75, 3.05) is 0 Å². The van der Waals surface area contributed by atoms with Crippen LogP contribution in [-0.4, -0.2) is 29.9 Å². The van der Waals surface area contributed by atoms with Gasteiger partial charge in [-0.25, -0.2) is 19.9 Å². The van der Waals surface area contributed by atoms with Gasteiger partial charge in [0.25, 0.3) is 0 Å². The number of hydrogen-bond donors (Lipinski definition) is 0. The molecule has 0 radical (unpaired) electrons. The summed E-state index contributed by atoms with van der Waals surface area (Å²) < 4.78 is 0. The molecule has 0 bridgehead atoms. The summed E-state index contributed by atoms with van der Waals surface area (Å²) in [6.07, 6.45) is 21.2. The number of hydrogen-bond acceptors (Lipinski definition) is 6. The number of aromatic nitrogens is 6. The van der Waals surface area contributed by atoms with Gasteiger partial charge < -0.3 is 0 Å². The highest BCUT2D eigenvalue weighted by Gasteiger charge is 2.17. The summed E-state index contributed by atoms with van der Waals surface area (Å²) in [5.41, 5.74) is 10.8. The van der Waals surface area contributed by atoms with Gasteiger partial charge in [-0.1, -0.05) is 110 Å². The molecule has 0 aliphatic heterocycles. The quantitative estimate of drug-likeness (QED) is 0.0951. The van der Waals surface area contributed by atoms with Crippen LogP contribution >= 0.6 is 0 Å². The highest BCUT2D eigenvalue weighted by Crippen LogP contribution is 2.43. The Morgan fingerprint density at radius 1 is 0.433 bits per heavy atom. The normalized spacial score (nSPS) is 10.6. The van der Waals surface area contributed by atoms with Crippen LogP contribution in [0.15, 0.2) is 221 Å². The van der Waals surface area contributed by atoms with Gasteiger partial charge in [0.15, 0.2) is 0 Å². The molecule has 0 amide bonds. The second-order valence-corrected chi connectivity index (χ2v) is 13.7. The Labute approximate surface area is 351 Å². The number of rotatable bonds is 6. The van der Waals surface area contributed by atoms with E-state index in [-0.39, 0.29) is 0 Å². The first-order valence-corrected chi connectivity index (χ1v) is 19.7. The zero-order chi connectivity index (χ0) is 41.5. The molecule has 6 nitrogen and oxygen atoms in total. The van der Waals surface area contributed by atoms with E-state index in [1.807, 2.05) is 75.1 Å². The molecule has 0 unspecified atom stereocenters. The molecule has 290 valence electrons. The van der Waals surface area contributed by atoms with E-state index < -0.39 is 0 Å². The van der Waals surface area contributed by atoms with Gasteiger partial charge in [0.1, 0.15) is 12.7 Å². The lowest BCUT2D eigenvalue weighted by Crippen LogP contribution is -1.92. The first-order valence-electron chi connectivity index (χ1n) is 19.7. The fourth-order valence-corrected chi connectivity index (χ4v) is 7.15. The van der Waals surface area contributed by atoms with Crippen molar-refractivity contribution in [3.63, 3.8) is 0 Å². The summed E-state index contributed by atoms with van der Waals surface area (Å²) >= 11 is 0. The van der Waals surface area contributed by atoms with Crippen LogP contribution in [0.3, 0.4) is 0 Å². The van der Waals surface area contributed by atoms with Gasteiger partial charge in [-0.2, -0.15) is 0 Å². The molecule has 6 aromatic carbocycles. The van der Waals surface area contributed by atoms with Crippen LogP contribution < -0.4 is 0 Å². The van der Waals surface area contributed by atoms with Crippen molar-refractivity contribution < 1.29 is 0 Å². The fourth-order valence-electron chi connectivity index (χ4n) is 7.15. The molecular weight excluding hydrogens is 733 g/mol. The van der Waals surface area contributed by atoms with Crippen LogP contribution in [0, 0.1) is 0 Å². The fraction of sp³-hybridized carbons (Fsp3) is 0.0370. The lowest BCUT2D eigenvalue weighted by Gasteiger charge is -2.17. The molecule has 0 fully saturated rings. The number of pyridine rings is 2. The molecule has 0 saturated heterocycles. The molecule has 0 N–H and O–H groups in total. The third-order valence-electron chi connectivity index (χ3n) is 9.70. The molecule has 0 saturated carbocycles. The van der Waals surface area contributed by atoms with Gasteiger partial charge in [0.05, 0.1) is 11.4 Å². The van der Waals surface area contributed by atoms with E-state index in [1.54, 1.807) is 36.9 Å². The zero-order valence-electron chi connectivity index (χ0n) is 33.7. The van der Waals surface area contributed by atoms with Crippen molar-refractivity contribution in [2.24, 2.45) is 0 Å². The summed E-state index contributed by atoms with van der Waals surface area (Å²) in [4.78, 5) is 25.2. The predicted octanol–water partition coefficient (Wildman–Crippen LogP) is 13.9. The maximum absolute atomic E-state index is 4.68. The Balaban J connectivity index is 0.000000336. The van der Waals surface area contributed by atoms with E-state index in [0.29, 0.717) is 0 Å². The van der Waals surface area contributed by atoms with Gasteiger partial charge in [0.2, 0.25) is 0 Å². The Morgan fingerprint density at radius 2 is 0.933 bits per heavy atom. The third kappa shape index (κ3) is 9.25. The Bertz CT molecular complexity index is 2880. The minimum Gasteiger partial charge on any atom is -0.256 e. The first-order chi connectivity index (χ1) is 29.6. The number of nitrogens with zero attached hydrogens (tertiary/aromatic N) is 6. The van der Waals surface area contributed by atoms with Gasteiger partial charge in [-0.15, -0.1) is 6.58 Å². The summed E-state index contributed by atoms with van der Waals surface area (Å²) in [5, 5.41) is 7.50. The molecule has 4 aromatic heterocycles. The van der Waals surface area contributed by atoms with Gasteiger partial charge in [-0.3, -0.25) is 9.97 Å². The van der Waals surface area contributed by atoms with E-state index in [1.165, 1.54) is 55.3 Å². The number of benzene rings is 6. The monoisotopic (exact) mass is 776 g/mol. The minimum atomic E-state index is 0.938. The third-order valence-corrected chi connectivity index (χ3v) is 9.70. The SMILES string of the molecule is C=C/C=C\C.C=CC.c1ccc(-c2cc(-c3ccccn3)cc(-c3ccc4ccc5c(-c6cccc(-c7cncnc7)c6)ccc6ccc3c4c65)c2)nc1.c1cncnc1. The molecule has 10 rings (SSSR count). The maximum atomic E-state index is 4.68. The molecule has 60 heavy (non-hydrogen) atoms. The average Bonchev–Trinajstić information content (AvgIpc) is 3.33. The molecule has 0 atom stereocenters. The lowest BCUT2D eigenvalue weighted by molar-refractivity contribution is 1.17. The summed E-state index contributed by atoms with van der Waals surface area (Å²) in [6, 6.07) is 47.3. The Hall–Kier alpha value is -7.96. The van der Waals surface area contributed by atoms with Gasteiger partial charge in [-0.05, 0) is 129 Å². The molecule has 0 aliphatic carbocycles. The van der Waals surface area contributed by atoms with Crippen molar-refractivity contribution in [2.45, 2.75) is 13.8 Å². The highest BCUT2D eigenvalue weighted by molar-refractivity contribution is 6.27. The second-order valence-electron chi connectivity index (χ2n) is 13.7. The van der Waals surface area contributed by atoms with E-state index in [4.69, 9.17) is 0 Å². The van der Waals surface area contributed by atoms with Crippen molar-refractivity contribution in [1.29, 1.82) is 0 Å². The predicted molar refractivity (Wildman–Crippen MR) is 251 cm³/mol. The standard InChI is InChI=1S/C42H26N4.C5H8.C4H4N2.C3H6/c1-3-18-45-39(8-1)32-21-31(22-33(23-32)40-9-2-4-19-46-40)36-15-11-28-12-16-37-35(14-10-27-13-17-38(36)42(28)41(27)37)30-7-5-6-29(20-30)34-24-43-26-44-25-34;1-3-5-4-2;1-2-5-4-6-3-1;1-3-2/h1-26H;3-5H,1H2,2H3;1-4H;3H,1H2,2H3/b;5-4-;;. The van der Waals surface area contributed by atoms with Crippen LogP contribution in [0.2, 0.25) is 0 Å². The average molecular weight is 777 g/mol. The summed E-state index contributed by atoms with van der Waals surface area (Å²) in [7, 11) is 0. The smallest absolute Gasteiger partial charge is 0.115 e. The number of allylic oxidation sites excluding steroid dienone is 4.